The van der Waals surface area contributed by atoms with Gasteiger partial charge < -0.3 is 15.5 Å². The van der Waals surface area contributed by atoms with Crippen molar-refractivity contribution >= 4 is 53.1 Å². The molecule has 2 atom stereocenters. The normalized spacial score (nSPS) is 23.2. The molecule has 0 aliphatic carbocycles. The zero-order valence-electron chi connectivity index (χ0n) is 13.1. The van der Waals surface area contributed by atoms with E-state index in [1.54, 1.807) is 23.1 Å². The monoisotopic (exact) mass is 391 g/mol. The largest absolute Gasteiger partial charge is 0.354 e. The van der Waals surface area contributed by atoms with Crippen LogP contribution in [0.4, 0.5) is 5.69 Å². The van der Waals surface area contributed by atoms with Crippen molar-refractivity contribution in [3.63, 3.8) is 0 Å². The summed E-state index contributed by atoms with van der Waals surface area (Å²) in [5.74, 6) is -0.480. The Morgan fingerprint density at radius 2 is 2.00 bits per heavy atom. The first kappa shape index (κ1) is 19.3. The van der Waals surface area contributed by atoms with E-state index in [1.807, 2.05) is 0 Å². The molecule has 5 nitrogen and oxygen atoms in total. The van der Waals surface area contributed by atoms with E-state index < -0.39 is 0 Å². The van der Waals surface area contributed by atoms with Crippen LogP contribution in [-0.4, -0.2) is 37.5 Å². The van der Waals surface area contributed by atoms with Crippen LogP contribution in [0.2, 0.25) is 10.0 Å². The summed E-state index contributed by atoms with van der Waals surface area (Å²) in [4.78, 5) is 26.1. The maximum Gasteiger partial charge on any atom is 0.227 e. The number of carbonyl (C=O) groups is 2. The van der Waals surface area contributed by atoms with E-state index >= 15 is 0 Å². The summed E-state index contributed by atoms with van der Waals surface area (Å²) in [7, 11) is 0. The van der Waals surface area contributed by atoms with Gasteiger partial charge in [0, 0.05) is 41.3 Å². The fraction of sp³-hybridized carbons (Fsp3) is 0.500. The Labute approximate surface area is 157 Å². The lowest BCUT2D eigenvalue weighted by molar-refractivity contribution is -0.126. The predicted molar refractivity (Wildman–Crippen MR) is 98.2 cm³/mol. The van der Waals surface area contributed by atoms with E-state index in [2.05, 4.69) is 10.6 Å². The van der Waals surface area contributed by atoms with Gasteiger partial charge in [-0.15, -0.1) is 12.4 Å². The molecule has 3 rings (SSSR count). The van der Waals surface area contributed by atoms with Crippen molar-refractivity contribution in [2.45, 2.75) is 25.3 Å². The summed E-state index contributed by atoms with van der Waals surface area (Å²) in [6.45, 7) is 1.98. The predicted octanol–water partition coefficient (Wildman–Crippen LogP) is 2.64. The topological polar surface area (TPSA) is 61.4 Å². The molecule has 24 heavy (non-hydrogen) atoms. The molecule has 2 unspecified atom stereocenters. The van der Waals surface area contributed by atoms with Crippen LogP contribution in [0.15, 0.2) is 18.2 Å². The summed E-state index contributed by atoms with van der Waals surface area (Å²) in [5.41, 5.74) is 0.639. The molecule has 0 aromatic heterocycles. The zero-order valence-corrected chi connectivity index (χ0v) is 15.4. The van der Waals surface area contributed by atoms with Gasteiger partial charge >= 0.3 is 0 Å². The third kappa shape index (κ3) is 4.54. The minimum absolute atomic E-state index is 0. The standard InChI is InChI=1S/C16H19Cl2N3O2.ClH/c17-11-5-12(18)7-14(6-11)21-9-10(4-15(21)22)16(23)20-8-13-2-1-3-19-13;/h5-7,10,13,19H,1-4,8-9H2,(H,20,23);1H. The van der Waals surface area contributed by atoms with Gasteiger partial charge in [0.25, 0.3) is 0 Å². The molecular weight excluding hydrogens is 373 g/mol. The van der Waals surface area contributed by atoms with E-state index in [4.69, 9.17) is 23.2 Å². The molecule has 1 aromatic carbocycles. The lowest BCUT2D eigenvalue weighted by atomic mass is 10.1. The molecule has 2 amide bonds. The van der Waals surface area contributed by atoms with E-state index in [-0.39, 0.29) is 36.6 Å². The lowest BCUT2D eigenvalue weighted by Crippen LogP contribution is -2.40. The van der Waals surface area contributed by atoms with Gasteiger partial charge in [0.05, 0.1) is 5.92 Å². The molecule has 2 aliphatic heterocycles. The first-order chi connectivity index (χ1) is 11.0. The van der Waals surface area contributed by atoms with Crippen molar-refractivity contribution in [3.8, 4) is 0 Å². The van der Waals surface area contributed by atoms with Gasteiger partial charge in [-0.1, -0.05) is 23.2 Å². The van der Waals surface area contributed by atoms with Crippen molar-refractivity contribution in [2.24, 2.45) is 5.92 Å². The van der Waals surface area contributed by atoms with Crippen LogP contribution in [0.3, 0.4) is 0 Å². The fourth-order valence-electron chi connectivity index (χ4n) is 3.13. The number of benzene rings is 1. The Balaban J connectivity index is 0.00000208. The van der Waals surface area contributed by atoms with Crippen molar-refractivity contribution in [3.05, 3.63) is 28.2 Å². The molecule has 132 valence electrons. The van der Waals surface area contributed by atoms with Crippen LogP contribution >= 0.6 is 35.6 Å². The van der Waals surface area contributed by atoms with Gasteiger partial charge in [-0.3, -0.25) is 9.59 Å². The fourth-order valence-corrected chi connectivity index (χ4v) is 3.64. The third-order valence-corrected chi connectivity index (χ3v) is 4.78. The van der Waals surface area contributed by atoms with Gasteiger partial charge in [-0.25, -0.2) is 0 Å². The van der Waals surface area contributed by atoms with Crippen LogP contribution in [0, 0.1) is 5.92 Å². The summed E-state index contributed by atoms with van der Waals surface area (Å²) >= 11 is 12.0. The van der Waals surface area contributed by atoms with Gasteiger partial charge in [0.15, 0.2) is 0 Å². The first-order valence-corrected chi connectivity index (χ1v) is 8.56. The molecule has 0 bridgehead atoms. The van der Waals surface area contributed by atoms with Crippen molar-refractivity contribution in [2.75, 3.05) is 24.5 Å². The quantitative estimate of drug-likeness (QED) is 0.828. The highest BCUT2D eigenvalue weighted by atomic mass is 35.5. The van der Waals surface area contributed by atoms with Gasteiger partial charge in [-0.2, -0.15) is 0 Å². The molecule has 2 aliphatic rings. The van der Waals surface area contributed by atoms with E-state index in [0.29, 0.717) is 34.9 Å². The third-order valence-electron chi connectivity index (χ3n) is 4.34. The van der Waals surface area contributed by atoms with E-state index in [0.717, 1.165) is 19.4 Å². The Bertz CT molecular complexity index is 600. The van der Waals surface area contributed by atoms with E-state index in [9.17, 15) is 9.59 Å². The van der Waals surface area contributed by atoms with Gasteiger partial charge in [0.2, 0.25) is 11.8 Å². The Morgan fingerprint density at radius 1 is 1.29 bits per heavy atom. The minimum atomic E-state index is -0.332. The minimum Gasteiger partial charge on any atom is -0.354 e. The molecule has 0 radical (unpaired) electrons. The number of nitrogens with zero attached hydrogens (tertiary/aromatic N) is 1. The van der Waals surface area contributed by atoms with Crippen LogP contribution in [0.1, 0.15) is 19.3 Å². The van der Waals surface area contributed by atoms with Gasteiger partial charge in [-0.05, 0) is 37.6 Å². The number of hydrogen-bond donors (Lipinski definition) is 2. The number of carbonyl (C=O) groups excluding carboxylic acids is 2. The number of anilines is 1. The molecule has 2 N–H and O–H groups in total. The average Bonchev–Trinajstić information content (AvgIpc) is 3.13. The van der Waals surface area contributed by atoms with Crippen LogP contribution in [-0.2, 0) is 9.59 Å². The number of nitrogens with one attached hydrogen (secondary N) is 2. The van der Waals surface area contributed by atoms with Crippen molar-refractivity contribution < 1.29 is 9.59 Å². The van der Waals surface area contributed by atoms with Gasteiger partial charge in [0.1, 0.15) is 0 Å². The highest BCUT2D eigenvalue weighted by molar-refractivity contribution is 6.35. The molecular formula is C16H20Cl3N3O2. The second kappa shape index (κ2) is 8.39. The summed E-state index contributed by atoms with van der Waals surface area (Å²) in [6, 6.07) is 5.34. The molecule has 0 spiro atoms. The highest BCUT2D eigenvalue weighted by Gasteiger charge is 2.35. The average molecular weight is 393 g/mol. The number of halogens is 3. The second-order valence-corrected chi connectivity index (χ2v) is 6.94. The maximum absolute atomic E-state index is 12.3. The smallest absolute Gasteiger partial charge is 0.227 e. The molecule has 2 fully saturated rings. The summed E-state index contributed by atoms with van der Waals surface area (Å²) in [6.07, 6.45) is 2.44. The second-order valence-electron chi connectivity index (χ2n) is 6.07. The number of hydrogen-bond acceptors (Lipinski definition) is 3. The molecule has 1 aromatic rings. The molecule has 8 heteroatoms. The van der Waals surface area contributed by atoms with Crippen LogP contribution in [0.5, 0.6) is 0 Å². The van der Waals surface area contributed by atoms with E-state index in [1.165, 1.54) is 0 Å². The lowest BCUT2D eigenvalue weighted by Gasteiger charge is -2.18. The highest BCUT2D eigenvalue weighted by Crippen LogP contribution is 2.30. The number of amides is 2. The zero-order chi connectivity index (χ0) is 16.4. The Hall–Kier alpha value is -1.01. The van der Waals surface area contributed by atoms with Crippen LogP contribution < -0.4 is 15.5 Å². The molecule has 2 saturated heterocycles. The summed E-state index contributed by atoms with van der Waals surface area (Å²) in [5, 5.41) is 7.23. The molecule has 2 heterocycles. The summed E-state index contributed by atoms with van der Waals surface area (Å²) < 4.78 is 0. The first-order valence-electron chi connectivity index (χ1n) is 7.80. The van der Waals surface area contributed by atoms with Crippen molar-refractivity contribution in [1.29, 1.82) is 0 Å². The van der Waals surface area contributed by atoms with Crippen LogP contribution in [0.25, 0.3) is 0 Å². The van der Waals surface area contributed by atoms with Crippen molar-refractivity contribution in [1.82, 2.24) is 10.6 Å². The maximum atomic E-state index is 12.3. The number of rotatable bonds is 4. The SMILES string of the molecule is Cl.O=C(NCC1CCCN1)C1CC(=O)N(c2cc(Cl)cc(Cl)c2)C1. The Kier molecular flexibility index (Phi) is 6.75. The Morgan fingerprint density at radius 3 is 2.62 bits per heavy atom. The molecule has 0 saturated carbocycles.